The zero-order valence-corrected chi connectivity index (χ0v) is 15.0. The van der Waals surface area contributed by atoms with E-state index in [1.54, 1.807) is 0 Å². The van der Waals surface area contributed by atoms with Gasteiger partial charge in [0.15, 0.2) is 0 Å². The van der Waals surface area contributed by atoms with Crippen LogP contribution < -0.4 is 10.6 Å². The maximum atomic E-state index is 4.51. The molecule has 22 heavy (non-hydrogen) atoms. The lowest BCUT2D eigenvalue weighted by atomic mass is 10.2. The number of halogens is 1. The van der Waals surface area contributed by atoms with Crippen molar-refractivity contribution in [3.8, 4) is 0 Å². The van der Waals surface area contributed by atoms with Crippen molar-refractivity contribution in [2.45, 2.75) is 13.8 Å². The predicted octanol–water partition coefficient (Wildman–Crippen LogP) is 3.57. The van der Waals surface area contributed by atoms with Gasteiger partial charge in [-0.15, -0.1) is 0 Å². The van der Waals surface area contributed by atoms with Gasteiger partial charge in [-0.25, -0.2) is 4.98 Å². The van der Waals surface area contributed by atoms with Crippen molar-refractivity contribution in [2.75, 3.05) is 37.8 Å². The molecule has 6 heteroatoms. The van der Waals surface area contributed by atoms with E-state index in [0.29, 0.717) is 5.95 Å². The Bertz CT molecular complexity index is 642. The number of rotatable bonds is 6. The molecule has 118 valence electrons. The van der Waals surface area contributed by atoms with E-state index in [1.165, 1.54) is 5.56 Å². The Morgan fingerprint density at radius 2 is 1.91 bits per heavy atom. The lowest BCUT2D eigenvalue weighted by Gasteiger charge is -2.12. The number of aryl methyl sites for hydroxylation is 2. The summed E-state index contributed by atoms with van der Waals surface area (Å²) < 4.78 is 1.10. The van der Waals surface area contributed by atoms with Gasteiger partial charge in [0, 0.05) is 35.0 Å². The maximum absolute atomic E-state index is 4.51. The highest BCUT2D eigenvalue weighted by molar-refractivity contribution is 9.10. The van der Waals surface area contributed by atoms with Crippen LogP contribution in [0.25, 0.3) is 0 Å². The van der Waals surface area contributed by atoms with Gasteiger partial charge in [-0.05, 0) is 51.7 Å². The third-order valence-corrected chi connectivity index (χ3v) is 4.02. The quantitative estimate of drug-likeness (QED) is 0.821. The number of nitrogens with one attached hydrogen (secondary N) is 2. The summed E-state index contributed by atoms with van der Waals surface area (Å²) >= 11 is 3.51. The largest absolute Gasteiger partial charge is 0.353 e. The van der Waals surface area contributed by atoms with E-state index in [1.807, 2.05) is 39.2 Å². The third-order valence-electron chi connectivity index (χ3n) is 3.13. The minimum Gasteiger partial charge on any atom is -0.353 e. The first-order chi connectivity index (χ1) is 10.4. The molecule has 0 spiro atoms. The Hall–Kier alpha value is -1.66. The van der Waals surface area contributed by atoms with Crippen LogP contribution in [0.1, 0.15) is 11.3 Å². The topological polar surface area (TPSA) is 53.1 Å². The monoisotopic (exact) mass is 363 g/mol. The van der Waals surface area contributed by atoms with Crippen LogP contribution >= 0.6 is 15.9 Å². The summed E-state index contributed by atoms with van der Waals surface area (Å²) in [6.45, 7) is 5.78. The summed E-state index contributed by atoms with van der Waals surface area (Å²) in [5.41, 5.74) is 3.12. The van der Waals surface area contributed by atoms with Gasteiger partial charge in [0.2, 0.25) is 5.95 Å². The zero-order chi connectivity index (χ0) is 16.1. The van der Waals surface area contributed by atoms with Gasteiger partial charge < -0.3 is 15.5 Å². The van der Waals surface area contributed by atoms with Gasteiger partial charge in [0.1, 0.15) is 5.82 Å². The molecule has 0 aliphatic carbocycles. The van der Waals surface area contributed by atoms with Gasteiger partial charge in [-0.1, -0.05) is 15.9 Å². The fourth-order valence-corrected chi connectivity index (χ4v) is 2.22. The van der Waals surface area contributed by atoms with Crippen molar-refractivity contribution in [1.82, 2.24) is 14.9 Å². The van der Waals surface area contributed by atoms with Crippen LogP contribution in [0.15, 0.2) is 28.7 Å². The van der Waals surface area contributed by atoms with E-state index in [0.717, 1.165) is 34.8 Å². The minimum atomic E-state index is 0.651. The Morgan fingerprint density at radius 1 is 1.14 bits per heavy atom. The van der Waals surface area contributed by atoms with Crippen molar-refractivity contribution in [1.29, 1.82) is 0 Å². The van der Waals surface area contributed by atoms with E-state index < -0.39 is 0 Å². The Balaban J connectivity index is 2.10. The van der Waals surface area contributed by atoms with Gasteiger partial charge in [0.25, 0.3) is 0 Å². The first kappa shape index (κ1) is 16.7. The summed E-state index contributed by atoms with van der Waals surface area (Å²) in [6, 6.07) is 8.07. The summed E-state index contributed by atoms with van der Waals surface area (Å²) in [7, 11) is 4.09. The predicted molar refractivity (Wildman–Crippen MR) is 96.0 cm³/mol. The summed E-state index contributed by atoms with van der Waals surface area (Å²) in [5, 5.41) is 6.58. The highest BCUT2D eigenvalue weighted by atomic mass is 79.9. The second-order valence-corrected chi connectivity index (χ2v) is 6.39. The van der Waals surface area contributed by atoms with E-state index in [2.05, 4.69) is 54.4 Å². The van der Waals surface area contributed by atoms with E-state index in [4.69, 9.17) is 0 Å². The number of hydrogen-bond donors (Lipinski definition) is 2. The summed E-state index contributed by atoms with van der Waals surface area (Å²) in [5.74, 6) is 1.44. The SMILES string of the molecule is Cc1cc(Nc2ccc(Br)c(C)c2)nc(NCCN(C)C)n1. The first-order valence-corrected chi connectivity index (χ1v) is 8.01. The van der Waals surface area contributed by atoms with Crippen LogP contribution in [0.2, 0.25) is 0 Å². The molecule has 0 amide bonds. The fraction of sp³-hybridized carbons (Fsp3) is 0.375. The molecular weight excluding hydrogens is 342 g/mol. The summed E-state index contributed by atoms with van der Waals surface area (Å²) in [6.07, 6.45) is 0. The molecule has 0 saturated heterocycles. The van der Waals surface area contributed by atoms with Crippen molar-refractivity contribution < 1.29 is 0 Å². The zero-order valence-electron chi connectivity index (χ0n) is 13.4. The highest BCUT2D eigenvalue weighted by Crippen LogP contribution is 2.22. The van der Waals surface area contributed by atoms with E-state index in [-0.39, 0.29) is 0 Å². The van der Waals surface area contributed by atoms with Crippen molar-refractivity contribution >= 4 is 33.4 Å². The average molecular weight is 364 g/mol. The molecule has 0 aliphatic rings. The molecule has 0 unspecified atom stereocenters. The van der Waals surface area contributed by atoms with Gasteiger partial charge in [-0.3, -0.25) is 0 Å². The second kappa shape index (κ2) is 7.56. The van der Waals surface area contributed by atoms with Gasteiger partial charge in [0.05, 0.1) is 0 Å². The van der Waals surface area contributed by atoms with Crippen LogP contribution in [-0.4, -0.2) is 42.1 Å². The molecule has 1 heterocycles. The fourth-order valence-electron chi connectivity index (χ4n) is 1.97. The molecule has 2 N–H and O–H groups in total. The number of benzene rings is 1. The Kier molecular flexibility index (Phi) is 5.74. The van der Waals surface area contributed by atoms with Crippen molar-refractivity contribution in [3.63, 3.8) is 0 Å². The molecular formula is C16H22BrN5. The number of aromatic nitrogens is 2. The maximum Gasteiger partial charge on any atom is 0.224 e. The molecule has 1 aromatic carbocycles. The minimum absolute atomic E-state index is 0.651. The van der Waals surface area contributed by atoms with Crippen LogP contribution in [0, 0.1) is 13.8 Å². The Morgan fingerprint density at radius 3 is 2.59 bits per heavy atom. The molecule has 0 atom stereocenters. The molecule has 0 bridgehead atoms. The molecule has 5 nitrogen and oxygen atoms in total. The van der Waals surface area contributed by atoms with Gasteiger partial charge >= 0.3 is 0 Å². The normalized spacial score (nSPS) is 10.8. The summed E-state index contributed by atoms with van der Waals surface area (Å²) in [4.78, 5) is 11.0. The molecule has 2 aromatic rings. The van der Waals surface area contributed by atoms with Crippen LogP contribution in [-0.2, 0) is 0 Å². The van der Waals surface area contributed by atoms with Crippen molar-refractivity contribution in [3.05, 3.63) is 40.0 Å². The van der Waals surface area contributed by atoms with E-state index >= 15 is 0 Å². The second-order valence-electron chi connectivity index (χ2n) is 5.54. The van der Waals surface area contributed by atoms with Crippen molar-refractivity contribution in [2.24, 2.45) is 0 Å². The highest BCUT2D eigenvalue weighted by Gasteiger charge is 2.04. The Labute approximate surface area is 140 Å². The molecule has 0 saturated carbocycles. The van der Waals surface area contributed by atoms with Crippen LogP contribution in [0.4, 0.5) is 17.5 Å². The first-order valence-electron chi connectivity index (χ1n) is 7.21. The third kappa shape index (κ3) is 4.96. The lowest BCUT2D eigenvalue weighted by molar-refractivity contribution is 0.425. The molecule has 0 fully saturated rings. The lowest BCUT2D eigenvalue weighted by Crippen LogP contribution is -2.21. The molecule has 1 aromatic heterocycles. The smallest absolute Gasteiger partial charge is 0.224 e. The molecule has 0 aliphatic heterocycles. The number of anilines is 3. The number of nitrogens with zero attached hydrogens (tertiary/aromatic N) is 3. The van der Waals surface area contributed by atoms with E-state index in [9.17, 15) is 0 Å². The van der Waals surface area contributed by atoms with Crippen LogP contribution in [0.3, 0.4) is 0 Å². The van der Waals surface area contributed by atoms with Crippen LogP contribution in [0.5, 0.6) is 0 Å². The number of hydrogen-bond acceptors (Lipinski definition) is 5. The average Bonchev–Trinajstić information content (AvgIpc) is 2.42. The standard InChI is InChI=1S/C16H22BrN5/c1-11-9-13(5-6-14(11)17)20-15-10-12(2)19-16(21-15)18-7-8-22(3)4/h5-6,9-10H,7-8H2,1-4H3,(H2,18,19,20,21). The number of likely N-dealkylation sites (N-methyl/N-ethyl adjacent to an activating group) is 1. The molecule has 2 rings (SSSR count). The van der Waals surface area contributed by atoms with Gasteiger partial charge in [-0.2, -0.15) is 4.98 Å². The molecule has 0 radical (unpaired) electrons.